The van der Waals surface area contributed by atoms with Crippen molar-refractivity contribution in [3.8, 4) is 5.75 Å². The number of benzene rings is 3. The normalized spacial score (nSPS) is 18.3. The molecule has 1 heterocycles. The lowest BCUT2D eigenvalue weighted by atomic mass is 9.91. The fraction of sp³-hybridized carbons (Fsp3) is 0.367. The predicted molar refractivity (Wildman–Crippen MR) is 144 cm³/mol. The van der Waals surface area contributed by atoms with E-state index in [0.29, 0.717) is 19.4 Å². The number of ketones is 1. The number of halogens is 4. The predicted octanol–water partition coefficient (Wildman–Crippen LogP) is 4.42. The fourth-order valence-electron chi connectivity index (χ4n) is 5.01. The number of nitrogens with one attached hydrogen (secondary N) is 2. The number of carboxylic acids is 1. The van der Waals surface area contributed by atoms with E-state index in [1.165, 1.54) is 6.92 Å². The molecular formula is C30H30F4N2O6. The summed E-state index contributed by atoms with van der Waals surface area (Å²) >= 11 is 0. The molecule has 0 radical (unpaired) electrons. The minimum absolute atomic E-state index is 0.0236. The van der Waals surface area contributed by atoms with Gasteiger partial charge in [0, 0.05) is 19.1 Å². The number of ether oxygens (including phenoxy) is 2. The molecule has 0 spiro atoms. The first-order chi connectivity index (χ1) is 20.0. The number of carbonyl (C=O) groups excluding carboxylic acids is 2. The van der Waals surface area contributed by atoms with Crippen LogP contribution in [0.5, 0.6) is 5.75 Å². The number of hydrogen-bond donors (Lipinski definition) is 3. The largest absolute Gasteiger partial charge is 0.481 e. The molecule has 4 rings (SSSR count). The molecule has 0 saturated carbocycles. The number of aliphatic carboxylic acids is 1. The van der Waals surface area contributed by atoms with Crippen LogP contribution in [0.25, 0.3) is 10.8 Å². The van der Waals surface area contributed by atoms with Gasteiger partial charge in [0.2, 0.25) is 17.5 Å². The first kappa shape index (κ1) is 30.9. The lowest BCUT2D eigenvalue weighted by Crippen LogP contribution is -2.59. The number of Topliss-reactive ketones (excluding diaryl/α,β-unsaturated/α-hetero) is 1. The van der Waals surface area contributed by atoms with E-state index in [1.54, 1.807) is 0 Å². The monoisotopic (exact) mass is 590 g/mol. The van der Waals surface area contributed by atoms with Crippen LogP contribution in [0.2, 0.25) is 0 Å². The summed E-state index contributed by atoms with van der Waals surface area (Å²) in [6, 6.07) is 11.1. The van der Waals surface area contributed by atoms with Gasteiger partial charge in [0.1, 0.15) is 18.4 Å². The first-order valence-corrected chi connectivity index (χ1v) is 13.4. The number of rotatable bonds is 12. The number of amides is 1. The molecule has 1 fully saturated rings. The average Bonchev–Trinajstić information content (AvgIpc) is 2.96. The summed E-state index contributed by atoms with van der Waals surface area (Å²) in [5.41, 5.74) is 0.0739. The van der Waals surface area contributed by atoms with Gasteiger partial charge in [0.15, 0.2) is 23.2 Å². The molecule has 1 aliphatic heterocycles. The molecule has 0 bridgehead atoms. The van der Waals surface area contributed by atoms with Gasteiger partial charge in [-0.15, -0.1) is 0 Å². The molecule has 0 aliphatic carbocycles. The maximum Gasteiger partial charge on any atom is 0.305 e. The number of carbonyl (C=O) groups is 3. The van der Waals surface area contributed by atoms with E-state index < -0.39 is 77.5 Å². The molecular weight excluding hydrogens is 560 g/mol. The van der Waals surface area contributed by atoms with Gasteiger partial charge in [0.25, 0.3) is 0 Å². The Hall–Kier alpha value is -4.03. The van der Waals surface area contributed by atoms with Gasteiger partial charge in [-0.05, 0) is 42.5 Å². The van der Waals surface area contributed by atoms with Crippen molar-refractivity contribution in [2.45, 2.75) is 56.8 Å². The van der Waals surface area contributed by atoms with Crippen molar-refractivity contribution in [2.75, 3.05) is 13.2 Å². The van der Waals surface area contributed by atoms with Crippen molar-refractivity contribution in [3.05, 3.63) is 77.4 Å². The molecule has 42 heavy (non-hydrogen) atoms. The molecule has 3 aromatic rings. The van der Waals surface area contributed by atoms with Crippen LogP contribution in [-0.2, 0) is 25.5 Å². The van der Waals surface area contributed by atoms with Gasteiger partial charge in [-0.3, -0.25) is 19.7 Å². The molecule has 3 aromatic carbocycles. The molecule has 0 aromatic heterocycles. The lowest BCUT2D eigenvalue weighted by molar-refractivity contribution is -0.141. The highest BCUT2D eigenvalue weighted by Gasteiger charge is 2.37. The van der Waals surface area contributed by atoms with Crippen molar-refractivity contribution in [1.82, 2.24) is 10.6 Å². The highest BCUT2D eigenvalue weighted by atomic mass is 19.2. The zero-order valence-electron chi connectivity index (χ0n) is 22.7. The smallest absolute Gasteiger partial charge is 0.305 e. The average molecular weight is 591 g/mol. The van der Waals surface area contributed by atoms with Gasteiger partial charge >= 0.3 is 5.97 Å². The summed E-state index contributed by atoms with van der Waals surface area (Å²) in [5.74, 6) is -11.9. The van der Waals surface area contributed by atoms with Crippen LogP contribution in [0.1, 0.15) is 38.2 Å². The third kappa shape index (κ3) is 7.24. The molecule has 3 N–H and O–H groups in total. The van der Waals surface area contributed by atoms with Crippen molar-refractivity contribution in [1.29, 1.82) is 0 Å². The van der Waals surface area contributed by atoms with E-state index in [0.717, 1.165) is 29.2 Å². The summed E-state index contributed by atoms with van der Waals surface area (Å²) in [5, 5.41) is 16.9. The van der Waals surface area contributed by atoms with E-state index in [9.17, 15) is 37.1 Å². The highest BCUT2D eigenvalue weighted by molar-refractivity contribution is 5.94. The number of hydrogen-bond acceptors (Lipinski definition) is 6. The zero-order chi connectivity index (χ0) is 30.4. The summed E-state index contributed by atoms with van der Waals surface area (Å²) in [6.45, 7) is 0.819. The van der Waals surface area contributed by atoms with Crippen LogP contribution in [-0.4, -0.2) is 53.8 Å². The summed E-state index contributed by atoms with van der Waals surface area (Å²) in [4.78, 5) is 37.3. The molecule has 8 nitrogen and oxygen atoms in total. The molecule has 1 amide bonds. The van der Waals surface area contributed by atoms with E-state index in [1.807, 2.05) is 42.5 Å². The first-order valence-electron chi connectivity index (χ1n) is 13.4. The Morgan fingerprint density at radius 1 is 1.02 bits per heavy atom. The zero-order valence-corrected chi connectivity index (χ0v) is 22.7. The second kappa shape index (κ2) is 13.3. The third-order valence-electron chi connectivity index (χ3n) is 7.10. The Morgan fingerprint density at radius 2 is 1.71 bits per heavy atom. The number of carboxylic acid groups (broad SMARTS) is 1. The second-order valence-corrected chi connectivity index (χ2v) is 10.2. The fourth-order valence-corrected chi connectivity index (χ4v) is 5.01. The van der Waals surface area contributed by atoms with Gasteiger partial charge in [-0.25, -0.2) is 8.78 Å². The van der Waals surface area contributed by atoms with Gasteiger partial charge < -0.3 is 19.9 Å². The lowest BCUT2D eigenvalue weighted by Gasteiger charge is -2.40. The Morgan fingerprint density at radius 3 is 2.38 bits per heavy atom. The molecule has 3 atom stereocenters. The Balaban J connectivity index is 1.47. The molecule has 1 unspecified atom stereocenters. The van der Waals surface area contributed by atoms with Crippen LogP contribution in [0, 0.1) is 23.3 Å². The summed E-state index contributed by atoms with van der Waals surface area (Å²) < 4.78 is 65.6. The maximum atomic E-state index is 13.9. The van der Waals surface area contributed by atoms with Crippen molar-refractivity contribution >= 4 is 28.4 Å². The Kier molecular flexibility index (Phi) is 9.79. The van der Waals surface area contributed by atoms with Crippen LogP contribution in [0.15, 0.2) is 48.5 Å². The van der Waals surface area contributed by atoms with Crippen LogP contribution in [0.3, 0.4) is 0 Å². The minimum Gasteiger partial charge on any atom is -0.481 e. The standard InChI is InChI=1S/C30H30F4N2O6/c1-17(36-30(11-4-5-12-42-30)15-19-9-6-8-18-7-2-3-10-20(18)19)29(40)35-23(14-25(38)39)24(37)16-41-28-26(33)21(31)13-22(32)27(28)34/h2-3,6-10,13,17,23,36H,4-5,11-12,14-16H2,1H3,(H,35,40)(H,38,39)/t17-,23-,30?/m0/s1. The van der Waals surface area contributed by atoms with E-state index in [4.69, 9.17) is 4.74 Å². The van der Waals surface area contributed by atoms with Crippen LogP contribution in [0.4, 0.5) is 17.6 Å². The van der Waals surface area contributed by atoms with Crippen LogP contribution >= 0.6 is 0 Å². The topological polar surface area (TPSA) is 114 Å². The van der Waals surface area contributed by atoms with Crippen molar-refractivity contribution in [2.24, 2.45) is 0 Å². The Bertz CT molecular complexity index is 1450. The van der Waals surface area contributed by atoms with Crippen LogP contribution < -0.4 is 15.4 Å². The highest BCUT2D eigenvalue weighted by Crippen LogP contribution is 2.30. The van der Waals surface area contributed by atoms with Crippen molar-refractivity contribution < 1.29 is 46.5 Å². The SMILES string of the molecule is C[C@H](NC1(Cc2cccc3ccccc23)CCCCO1)C(=O)N[C@@H](CC(=O)O)C(=O)COc1c(F)c(F)cc(F)c1F. The quantitative estimate of drug-likeness (QED) is 0.211. The maximum absolute atomic E-state index is 13.9. The summed E-state index contributed by atoms with van der Waals surface area (Å²) in [6.07, 6.45) is 1.81. The molecule has 1 aliphatic rings. The molecule has 12 heteroatoms. The minimum atomic E-state index is -1.86. The second-order valence-electron chi connectivity index (χ2n) is 10.2. The molecule has 224 valence electrons. The van der Waals surface area contributed by atoms with E-state index >= 15 is 0 Å². The summed E-state index contributed by atoms with van der Waals surface area (Å²) in [7, 11) is 0. The van der Waals surface area contributed by atoms with Gasteiger partial charge in [-0.1, -0.05) is 42.5 Å². The third-order valence-corrected chi connectivity index (χ3v) is 7.10. The number of fused-ring (bicyclic) bond motifs is 1. The van der Waals surface area contributed by atoms with Crippen molar-refractivity contribution in [3.63, 3.8) is 0 Å². The Labute approximate surface area is 239 Å². The van der Waals surface area contributed by atoms with E-state index in [-0.39, 0.29) is 6.07 Å². The van der Waals surface area contributed by atoms with Gasteiger partial charge in [-0.2, -0.15) is 8.78 Å². The van der Waals surface area contributed by atoms with E-state index in [2.05, 4.69) is 15.4 Å². The van der Waals surface area contributed by atoms with Gasteiger partial charge in [0.05, 0.1) is 12.5 Å². The molecule has 1 saturated heterocycles.